The summed E-state index contributed by atoms with van der Waals surface area (Å²) in [7, 11) is 0. The SMILES string of the molecule is CCC(C)Nc1nnc(-c2cc3c(nc2C)CCC3)s1. The topological polar surface area (TPSA) is 50.7 Å². The summed E-state index contributed by atoms with van der Waals surface area (Å²) in [6, 6.07) is 2.69. The van der Waals surface area contributed by atoms with Gasteiger partial charge in [-0.2, -0.15) is 0 Å². The third kappa shape index (κ3) is 2.54. The van der Waals surface area contributed by atoms with Gasteiger partial charge in [-0.3, -0.25) is 4.98 Å². The highest BCUT2D eigenvalue weighted by Crippen LogP contribution is 2.32. The van der Waals surface area contributed by atoms with Crippen LogP contribution in [0.5, 0.6) is 0 Å². The Bertz CT molecular complexity index is 620. The standard InChI is InChI=1S/C15H20N4S/c1-4-9(2)16-15-19-18-14(20-15)12-8-11-6-5-7-13(11)17-10(12)3/h8-9H,4-7H2,1-3H3,(H,16,19). The number of nitrogens with one attached hydrogen (secondary N) is 1. The van der Waals surface area contributed by atoms with Gasteiger partial charge in [0.25, 0.3) is 0 Å². The zero-order valence-electron chi connectivity index (χ0n) is 12.2. The van der Waals surface area contributed by atoms with Crippen molar-refractivity contribution in [3.63, 3.8) is 0 Å². The molecule has 1 N–H and O–H groups in total. The van der Waals surface area contributed by atoms with Gasteiger partial charge >= 0.3 is 0 Å². The summed E-state index contributed by atoms with van der Waals surface area (Å²) in [6.45, 7) is 6.38. The maximum absolute atomic E-state index is 4.73. The van der Waals surface area contributed by atoms with Gasteiger partial charge in [0.05, 0.1) is 0 Å². The summed E-state index contributed by atoms with van der Waals surface area (Å²) in [4.78, 5) is 4.73. The molecule has 2 aromatic rings. The van der Waals surface area contributed by atoms with E-state index < -0.39 is 0 Å². The molecule has 20 heavy (non-hydrogen) atoms. The Morgan fingerprint density at radius 2 is 2.20 bits per heavy atom. The number of pyridine rings is 1. The summed E-state index contributed by atoms with van der Waals surface area (Å²) in [5.41, 5.74) is 4.86. The van der Waals surface area contributed by atoms with Crippen molar-refractivity contribution in [1.82, 2.24) is 15.2 Å². The van der Waals surface area contributed by atoms with Gasteiger partial charge in [0.1, 0.15) is 0 Å². The number of hydrogen-bond acceptors (Lipinski definition) is 5. The second kappa shape index (κ2) is 5.48. The number of fused-ring (bicyclic) bond motifs is 1. The Morgan fingerprint density at radius 3 is 3.00 bits per heavy atom. The lowest BCUT2D eigenvalue weighted by molar-refractivity contribution is 0.760. The lowest BCUT2D eigenvalue weighted by Gasteiger charge is -2.08. The highest BCUT2D eigenvalue weighted by molar-refractivity contribution is 7.18. The van der Waals surface area contributed by atoms with Crippen LogP contribution in [-0.4, -0.2) is 21.2 Å². The van der Waals surface area contributed by atoms with Gasteiger partial charge < -0.3 is 5.32 Å². The first-order valence-electron chi connectivity index (χ1n) is 7.27. The zero-order valence-corrected chi connectivity index (χ0v) is 13.0. The van der Waals surface area contributed by atoms with Crippen molar-refractivity contribution < 1.29 is 0 Å². The van der Waals surface area contributed by atoms with Crippen LogP contribution in [0, 0.1) is 6.92 Å². The van der Waals surface area contributed by atoms with Crippen molar-refractivity contribution in [3.8, 4) is 10.6 Å². The van der Waals surface area contributed by atoms with E-state index >= 15 is 0 Å². The minimum atomic E-state index is 0.426. The second-order valence-corrected chi connectivity index (χ2v) is 6.42. The molecule has 4 nitrogen and oxygen atoms in total. The number of rotatable bonds is 4. The quantitative estimate of drug-likeness (QED) is 0.933. The Balaban J connectivity index is 1.90. The minimum Gasteiger partial charge on any atom is -0.358 e. The monoisotopic (exact) mass is 288 g/mol. The average Bonchev–Trinajstić information content (AvgIpc) is 3.06. The third-order valence-electron chi connectivity index (χ3n) is 3.88. The van der Waals surface area contributed by atoms with Gasteiger partial charge in [0.15, 0.2) is 5.01 Å². The first-order valence-corrected chi connectivity index (χ1v) is 8.09. The van der Waals surface area contributed by atoms with Crippen LogP contribution in [0.25, 0.3) is 10.6 Å². The molecule has 2 heterocycles. The van der Waals surface area contributed by atoms with Crippen molar-refractivity contribution in [3.05, 3.63) is 23.0 Å². The van der Waals surface area contributed by atoms with E-state index in [9.17, 15) is 0 Å². The summed E-state index contributed by atoms with van der Waals surface area (Å²) in [6.07, 6.45) is 4.57. The van der Waals surface area contributed by atoms with Crippen LogP contribution in [0.2, 0.25) is 0 Å². The molecule has 0 fully saturated rings. The first-order chi connectivity index (χ1) is 9.67. The molecule has 0 bridgehead atoms. The van der Waals surface area contributed by atoms with E-state index in [0.717, 1.165) is 40.7 Å². The van der Waals surface area contributed by atoms with Gasteiger partial charge in [-0.15, -0.1) is 10.2 Å². The normalized spacial score (nSPS) is 15.2. The molecule has 1 unspecified atom stereocenters. The lowest BCUT2D eigenvalue weighted by atomic mass is 10.1. The molecule has 2 aromatic heterocycles. The predicted molar refractivity (Wildman–Crippen MR) is 83.3 cm³/mol. The highest BCUT2D eigenvalue weighted by atomic mass is 32.1. The molecule has 0 spiro atoms. The van der Waals surface area contributed by atoms with Crippen molar-refractivity contribution in [1.29, 1.82) is 0 Å². The van der Waals surface area contributed by atoms with Crippen LogP contribution in [0.15, 0.2) is 6.07 Å². The van der Waals surface area contributed by atoms with Crippen molar-refractivity contribution in [2.24, 2.45) is 0 Å². The Kier molecular flexibility index (Phi) is 3.70. The fourth-order valence-corrected chi connectivity index (χ4v) is 3.42. The Hall–Kier alpha value is -1.49. The van der Waals surface area contributed by atoms with Gasteiger partial charge in [-0.1, -0.05) is 18.3 Å². The average molecular weight is 288 g/mol. The molecule has 0 saturated heterocycles. The predicted octanol–water partition coefficient (Wildman–Crippen LogP) is 3.61. The van der Waals surface area contributed by atoms with E-state index in [4.69, 9.17) is 4.98 Å². The largest absolute Gasteiger partial charge is 0.358 e. The molecule has 5 heteroatoms. The molecule has 106 valence electrons. The van der Waals surface area contributed by atoms with Crippen LogP contribution < -0.4 is 5.32 Å². The smallest absolute Gasteiger partial charge is 0.206 e. The van der Waals surface area contributed by atoms with Crippen LogP contribution >= 0.6 is 11.3 Å². The van der Waals surface area contributed by atoms with Crippen LogP contribution in [-0.2, 0) is 12.8 Å². The van der Waals surface area contributed by atoms with Crippen molar-refractivity contribution in [2.45, 2.75) is 52.5 Å². The molecule has 1 aliphatic carbocycles. The van der Waals surface area contributed by atoms with Crippen molar-refractivity contribution >= 4 is 16.5 Å². The number of aryl methyl sites for hydroxylation is 3. The number of nitrogens with zero attached hydrogens (tertiary/aromatic N) is 3. The minimum absolute atomic E-state index is 0.426. The summed E-state index contributed by atoms with van der Waals surface area (Å²) >= 11 is 1.62. The number of anilines is 1. The van der Waals surface area contributed by atoms with E-state index in [1.165, 1.54) is 17.7 Å². The molecular weight excluding hydrogens is 268 g/mol. The third-order valence-corrected chi connectivity index (χ3v) is 4.77. The number of hydrogen-bond donors (Lipinski definition) is 1. The summed E-state index contributed by atoms with van der Waals surface area (Å²) in [5.74, 6) is 0. The molecule has 1 aliphatic rings. The summed E-state index contributed by atoms with van der Waals surface area (Å²) in [5, 5.41) is 13.8. The van der Waals surface area contributed by atoms with E-state index in [2.05, 4.69) is 42.4 Å². The van der Waals surface area contributed by atoms with Crippen LogP contribution in [0.4, 0.5) is 5.13 Å². The van der Waals surface area contributed by atoms with Gasteiger partial charge in [0.2, 0.25) is 5.13 Å². The van der Waals surface area contributed by atoms with E-state index in [0.29, 0.717) is 6.04 Å². The molecule has 0 saturated carbocycles. The molecule has 0 amide bonds. The fraction of sp³-hybridized carbons (Fsp3) is 0.533. The maximum Gasteiger partial charge on any atom is 0.206 e. The maximum atomic E-state index is 4.73. The fourth-order valence-electron chi connectivity index (χ4n) is 2.50. The highest BCUT2D eigenvalue weighted by Gasteiger charge is 2.17. The van der Waals surface area contributed by atoms with E-state index in [1.54, 1.807) is 11.3 Å². The summed E-state index contributed by atoms with van der Waals surface area (Å²) < 4.78 is 0. The first kappa shape index (κ1) is 13.5. The number of aromatic nitrogens is 3. The molecule has 1 atom stereocenters. The van der Waals surface area contributed by atoms with Gasteiger partial charge in [0, 0.05) is 23.0 Å². The van der Waals surface area contributed by atoms with Crippen LogP contribution in [0.1, 0.15) is 43.6 Å². The van der Waals surface area contributed by atoms with Gasteiger partial charge in [-0.05, 0) is 51.2 Å². The van der Waals surface area contributed by atoms with Gasteiger partial charge in [-0.25, -0.2) is 0 Å². The Morgan fingerprint density at radius 1 is 1.35 bits per heavy atom. The lowest BCUT2D eigenvalue weighted by Crippen LogP contribution is -2.12. The van der Waals surface area contributed by atoms with E-state index in [1.807, 2.05) is 0 Å². The molecule has 0 radical (unpaired) electrons. The van der Waals surface area contributed by atoms with Crippen LogP contribution in [0.3, 0.4) is 0 Å². The van der Waals surface area contributed by atoms with E-state index in [-0.39, 0.29) is 0 Å². The zero-order chi connectivity index (χ0) is 14.1. The Labute approximate surface area is 123 Å². The molecular formula is C15H20N4S. The molecule has 3 rings (SSSR count). The molecule has 0 aromatic carbocycles. The molecule has 0 aliphatic heterocycles. The second-order valence-electron chi connectivity index (χ2n) is 5.45. The van der Waals surface area contributed by atoms with Crippen molar-refractivity contribution in [2.75, 3.05) is 5.32 Å².